The third-order valence-electron chi connectivity index (χ3n) is 4.41. The lowest BCUT2D eigenvalue weighted by molar-refractivity contribution is -0.137. The van der Waals surface area contributed by atoms with E-state index in [-0.39, 0.29) is 17.4 Å². The van der Waals surface area contributed by atoms with Crippen molar-refractivity contribution >= 4 is 38.0 Å². The van der Waals surface area contributed by atoms with Crippen molar-refractivity contribution in [1.29, 1.82) is 0 Å². The first-order valence-corrected chi connectivity index (χ1v) is 11.6. The zero-order chi connectivity index (χ0) is 23.6. The maximum atomic E-state index is 14.5. The van der Waals surface area contributed by atoms with Gasteiger partial charge in [0.2, 0.25) is 0 Å². The van der Waals surface area contributed by atoms with E-state index in [4.69, 9.17) is 0 Å². The molecular formula is C20H15F4N5O2S2. The fraction of sp³-hybridized carbons (Fsp3) is 0.100. The van der Waals surface area contributed by atoms with E-state index >= 15 is 0 Å². The standard InChI is InChI=1S/C20H15F4N5O2S2/c21-16-11-15(5-6-17(16)33(30,31)28-19-25-8-10-32-19)26-18-7-9-29(27-18)12-13-1-3-14(4-2-13)20(22,23)24/h1-11H,12H2,(H,25,28)(H,26,27). The van der Waals surface area contributed by atoms with Crippen LogP contribution in [-0.4, -0.2) is 23.2 Å². The summed E-state index contributed by atoms with van der Waals surface area (Å²) in [4.78, 5) is 3.28. The SMILES string of the molecule is O=S(=O)(Nc1nccs1)c1ccc(Nc2ccn(Cc3ccc(C(F)(F)F)cc3)n2)cc1F. The van der Waals surface area contributed by atoms with Gasteiger partial charge in [-0.1, -0.05) is 12.1 Å². The maximum Gasteiger partial charge on any atom is 0.416 e. The van der Waals surface area contributed by atoms with Crippen LogP contribution in [0.1, 0.15) is 11.1 Å². The van der Waals surface area contributed by atoms with Crippen molar-refractivity contribution in [2.24, 2.45) is 0 Å². The molecule has 7 nitrogen and oxygen atoms in total. The fourth-order valence-corrected chi connectivity index (χ4v) is 4.74. The van der Waals surface area contributed by atoms with Crippen LogP contribution in [0.2, 0.25) is 0 Å². The number of hydrogen-bond donors (Lipinski definition) is 2. The lowest BCUT2D eigenvalue weighted by Crippen LogP contribution is -2.14. The average Bonchev–Trinajstić information content (AvgIpc) is 3.39. The quantitative estimate of drug-likeness (QED) is 0.347. The normalized spacial score (nSPS) is 12.0. The Morgan fingerprint density at radius 1 is 1.06 bits per heavy atom. The highest BCUT2D eigenvalue weighted by Gasteiger charge is 2.29. The summed E-state index contributed by atoms with van der Waals surface area (Å²) in [5, 5.41) is 8.81. The fourth-order valence-electron chi connectivity index (χ4n) is 2.89. The Hall–Kier alpha value is -3.45. The minimum atomic E-state index is -4.40. The van der Waals surface area contributed by atoms with Crippen molar-refractivity contribution in [2.45, 2.75) is 17.6 Å². The number of nitrogens with zero attached hydrogens (tertiary/aromatic N) is 3. The highest BCUT2D eigenvalue weighted by Crippen LogP contribution is 2.29. The van der Waals surface area contributed by atoms with Gasteiger partial charge >= 0.3 is 6.18 Å². The number of halogens is 4. The number of nitrogens with one attached hydrogen (secondary N) is 2. The van der Waals surface area contributed by atoms with Crippen LogP contribution in [0.4, 0.5) is 34.2 Å². The monoisotopic (exact) mass is 497 g/mol. The number of thiazole rings is 1. The van der Waals surface area contributed by atoms with Crippen molar-refractivity contribution in [3.05, 3.63) is 83.2 Å². The Kier molecular flexibility index (Phi) is 6.08. The second-order valence-electron chi connectivity index (χ2n) is 6.81. The van der Waals surface area contributed by atoms with E-state index in [0.29, 0.717) is 11.4 Å². The first-order valence-electron chi connectivity index (χ1n) is 9.29. The summed E-state index contributed by atoms with van der Waals surface area (Å²) in [5.41, 5.74) is 0.148. The minimum absolute atomic E-state index is 0.121. The van der Waals surface area contributed by atoms with E-state index in [9.17, 15) is 26.0 Å². The Morgan fingerprint density at radius 2 is 1.82 bits per heavy atom. The van der Waals surface area contributed by atoms with E-state index in [1.807, 2.05) is 0 Å². The number of alkyl halides is 3. The van der Waals surface area contributed by atoms with E-state index in [1.165, 1.54) is 29.1 Å². The molecule has 0 bridgehead atoms. The number of anilines is 3. The summed E-state index contributed by atoms with van der Waals surface area (Å²) in [6, 6.07) is 9.85. The molecule has 0 radical (unpaired) electrons. The van der Waals surface area contributed by atoms with Gasteiger partial charge in [0.05, 0.1) is 12.1 Å². The molecule has 0 spiro atoms. The largest absolute Gasteiger partial charge is 0.416 e. The smallest absolute Gasteiger partial charge is 0.339 e. The predicted octanol–water partition coefficient (Wildman–Crippen LogP) is 5.09. The summed E-state index contributed by atoms with van der Waals surface area (Å²) >= 11 is 1.06. The van der Waals surface area contributed by atoms with Gasteiger partial charge in [-0.05, 0) is 35.9 Å². The third kappa shape index (κ3) is 5.49. The Balaban J connectivity index is 1.43. The molecule has 2 N–H and O–H groups in total. The zero-order valence-electron chi connectivity index (χ0n) is 16.5. The van der Waals surface area contributed by atoms with Gasteiger partial charge in [-0.15, -0.1) is 11.3 Å². The molecule has 13 heteroatoms. The molecule has 2 aromatic carbocycles. The number of rotatable bonds is 7. The summed E-state index contributed by atoms with van der Waals surface area (Å²) in [5.74, 6) is -0.619. The van der Waals surface area contributed by atoms with Gasteiger partial charge in [-0.2, -0.15) is 18.3 Å². The molecule has 4 aromatic rings. The van der Waals surface area contributed by atoms with E-state index in [1.54, 1.807) is 17.6 Å². The van der Waals surface area contributed by atoms with Gasteiger partial charge in [0.15, 0.2) is 10.9 Å². The molecule has 0 aliphatic carbocycles. The predicted molar refractivity (Wildman–Crippen MR) is 115 cm³/mol. The molecule has 2 heterocycles. The topological polar surface area (TPSA) is 88.9 Å². The van der Waals surface area contributed by atoms with Gasteiger partial charge in [-0.25, -0.2) is 17.8 Å². The molecule has 0 unspecified atom stereocenters. The number of aromatic nitrogens is 3. The zero-order valence-corrected chi connectivity index (χ0v) is 18.2. The van der Waals surface area contributed by atoms with E-state index in [2.05, 4.69) is 20.1 Å². The second kappa shape index (κ2) is 8.83. The molecule has 33 heavy (non-hydrogen) atoms. The summed E-state index contributed by atoms with van der Waals surface area (Å²) in [7, 11) is -4.14. The number of benzene rings is 2. The minimum Gasteiger partial charge on any atom is -0.339 e. The van der Waals surface area contributed by atoms with Crippen LogP contribution < -0.4 is 10.0 Å². The van der Waals surface area contributed by atoms with E-state index < -0.39 is 32.5 Å². The molecule has 0 atom stereocenters. The number of hydrogen-bond acceptors (Lipinski definition) is 6. The van der Waals surface area contributed by atoms with Crippen LogP contribution in [0.25, 0.3) is 0 Å². The van der Waals surface area contributed by atoms with E-state index in [0.717, 1.165) is 35.6 Å². The molecule has 0 saturated carbocycles. The first-order chi connectivity index (χ1) is 15.6. The summed E-state index contributed by atoms with van der Waals surface area (Å²) in [6.07, 6.45) is -1.38. The second-order valence-corrected chi connectivity index (χ2v) is 9.35. The van der Waals surface area contributed by atoms with Crippen LogP contribution in [0, 0.1) is 5.82 Å². The van der Waals surface area contributed by atoms with Gasteiger partial charge in [0.25, 0.3) is 10.0 Å². The molecule has 0 saturated heterocycles. The molecule has 4 rings (SSSR count). The molecule has 0 aliphatic rings. The highest BCUT2D eigenvalue weighted by molar-refractivity contribution is 7.93. The molecular weight excluding hydrogens is 482 g/mol. The van der Waals surface area contributed by atoms with Crippen LogP contribution in [0.3, 0.4) is 0 Å². The van der Waals surface area contributed by atoms with Crippen LogP contribution in [0.5, 0.6) is 0 Å². The van der Waals surface area contributed by atoms with Crippen LogP contribution in [0.15, 0.2) is 71.2 Å². The maximum absolute atomic E-state index is 14.5. The summed E-state index contributed by atoms with van der Waals surface area (Å²) < 4.78 is 80.9. The molecule has 0 fully saturated rings. The Bertz CT molecular complexity index is 1350. The lowest BCUT2D eigenvalue weighted by Gasteiger charge is -2.09. The first kappa shape index (κ1) is 22.7. The molecule has 172 valence electrons. The van der Waals surface area contributed by atoms with Gasteiger partial charge in [-0.3, -0.25) is 9.40 Å². The van der Waals surface area contributed by atoms with Gasteiger partial charge in [0.1, 0.15) is 10.7 Å². The van der Waals surface area contributed by atoms with Crippen molar-refractivity contribution < 1.29 is 26.0 Å². The highest BCUT2D eigenvalue weighted by atomic mass is 32.2. The van der Waals surface area contributed by atoms with Gasteiger partial charge < -0.3 is 5.32 Å². The summed E-state index contributed by atoms with van der Waals surface area (Å²) in [6.45, 7) is 0.230. The van der Waals surface area contributed by atoms with Crippen LogP contribution in [-0.2, 0) is 22.7 Å². The Morgan fingerprint density at radius 3 is 2.45 bits per heavy atom. The molecule has 0 amide bonds. The van der Waals surface area contributed by atoms with Crippen molar-refractivity contribution in [3.63, 3.8) is 0 Å². The lowest BCUT2D eigenvalue weighted by atomic mass is 10.1. The molecule has 2 aromatic heterocycles. The van der Waals surface area contributed by atoms with Crippen molar-refractivity contribution in [3.8, 4) is 0 Å². The van der Waals surface area contributed by atoms with Crippen molar-refractivity contribution in [2.75, 3.05) is 10.0 Å². The average molecular weight is 497 g/mol. The molecule has 0 aliphatic heterocycles. The number of sulfonamides is 1. The van der Waals surface area contributed by atoms with Gasteiger partial charge in [0, 0.05) is 29.5 Å². The Labute approximate surface area is 189 Å². The third-order valence-corrected chi connectivity index (χ3v) is 6.60. The van der Waals surface area contributed by atoms with Crippen molar-refractivity contribution in [1.82, 2.24) is 14.8 Å². The van der Waals surface area contributed by atoms with Crippen LogP contribution >= 0.6 is 11.3 Å².